The number of benzene rings is 3. The molecule has 5 aromatic rings. The predicted molar refractivity (Wildman–Crippen MR) is 196 cm³/mol. The van der Waals surface area contributed by atoms with Crippen molar-refractivity contribution in [3.63, 3.8) is 0 Å². The number of hydrogen-bond donors (Lipinski definition) is 2. The van der Waals surface area contributed by atoms with Crippen LogP contribution in [-0.2, 0) is 11.3 Å². The molecule has 3 unspecified atom stereocenters. The summed E-state index contributed by atoms with van der Waals surface area (Å²) in [6.45, 7) is 3.55. The molecule has 0 aliphatic carbocycles. The Balaban J connectivity index is 0.00000250. The van der Waals surface area contributed by atoms with Gasteiger partial charge in [0, 0.05) is 47.0 Å². The second-order valence-electron chi connectivity index (χ2n) is 11.2. The minimum absolute atomic E-state index is 0. The zero-order valence-corrected chi connectivity index (χ0v) is 28.5. The molecular weight excluding hydrogens is 649 g/mol. The molecule has 6 rings (SSSR count). The molecule has 3 aromatic carbocycles. The van der Waals surface area contributed by atoms with Gasteiger partial charge in [-0.15, -0.1) is 36.6 Å². The van der Waals surface area contributed by atoms with Gasteiger partial charge in [0.1, 0.15) is 17.7 Å². The van der Waals surface area contributed by atoms with Crippen LogP contribution < -0.4 is 11.1 Å². The second-order valence-corrected chi connectivity index (χ2v) is 12.4. The SMILES string of the molecule is CC(Cc1ccccc1)NCCCON=C(c1ccccc1)c1cccc(C2SC(c3cccnc3)n3ccc(C(N)=O)c32)c1.Cl.Cl. The molecular formula is C37H39Cl2N5O2S. The van der Waals surface area contributed by atoms with Crippen molar-refractivity contribution < 1.29 is 9.63 Å². The van der Waals surface area contributed by atoms with Crippen LogP contribution in [-0.4, -0.2) is 40.4 Å². The molecule has 0 spiro atoms. The fraction of sp³-hybridized carbons (Fsp3) is 0.216. The zero-order valence-electron chi connectivity index (χ0n) is 26.1. The number of hydrogen-bond acceptors (Lipinski definition) is 6. The van der Waals surface area contributed by atoms with Gasteiger partial charge >= 0.3 is 0 Å². The molecule has 0 saturated heterocycles. The van der Waals surface area contributed by atoms with Gasteiger partial charge in [0.2, 0.25) is 0 Å². The average molecular weight is 689 g/mol. The highest BCUT2D eigenvalue weighted by molar-refractivity contribution is 8.00. The number of rotatable bonds is 13. The highest BCUT2D eigenvalue weighted by Crippen LogP contribution is 2.53. The maximum Gasteiger partial charge on any atom is 0.250 e. The molecule has 2 aromatic heterocycles. The summed E-state index contributed by atoms with van der Waals surface area (Å²) in [5.41, 5.74) is 13.4. The number of halogens is 2. The molecule has 1 amide bonds. The molecule has 0 saturated carbocycles. The van der Waals surface area contributed by atoms with E-state index < -0.39 is 5.91 Å². The van der Waals surface area contributed by atoms with E-state index in [0.29, 0.717) is 18.2 Å². The third-order valence-electron chi connectivity index (χ3n) is 7.91. The van der Waals surface area contributed by atoms with Crippen LogP contribution in [0.3, 0.4) is 0 Å². The number of nitrogens with two attached hydrogens (primary N) is 1. The molecule has 0 bridgehead atoms. The zero-order chi connectivity index (χ0) is 31.0. The highest BCUT2D eigenvalue weighted by atomic mass is 35.5. The van der Waals surface area contributed by atoms with Gasteiger partial charge in [-0.25, -0.2) is 0 Å². The van der Waals surface area contributed by atoms with E-state index >= 15 is 0 Å². The van der Waals surface area contributed by atoms with Crippen molar-refractivity contribution in [1.82, 2.24) is 14.9 Å². The van der Waals surface area contributed by atoms with Crippen molar-refractivity contribution >= 4 is 48.2 Å². The van der Waals surface area contributed by atoms with E-state index in [9.17, 15) is 4.79 Å². The van der Waals surface area contributed by atoms with Crippen LogP contribution in [0.4, 0.5) is 0 Å². The first-order chi connectivity index (χ1) is 22.1. The van der Waals surface area contributed by atoms with Gasteiger partial charge in [-0.1, -0.05) is 90.1 Å². The second kappa shape index (κ2) is 17.2. The van der Waals surface area contributed by atoms with Crippen molar-refractivity contribution in [3.8, 4) is 0 Å². The standard InChI is InChI=1S/C37H37N5O2S.2ClH/c1-26(23-27-11-4-2-5-12-27)40-20-10-22-44-41-33(28-13-6-3-7-14-28)29-15-8-16-30(24-29)35-34-32(36(38)43)18-21-42(34)37(45-35)31-17-9-19-39-25-31;;/h2-9,11-19,21,24-26,35,37,40H,10,20,22-23H2,1H3,(H2,38,43);2*1H. The number of amides is 1. The van der Waals surface area contributed by atoms with Gasteiger partial charge in [0.15, 0.2) is 0 Å². The Morgan fingerprint density at radius 3 is 2.40 bits per heavy atom. The minimum atomic E-state index is -0.429. The fourth-order valence-electron chi connectivity index (χ4n) is 5.76. The van der Waals surface area contributed by atoms with Crippen molar-refractivity contribution in [2.75, 3.05) is 13.2 Å². The predicted octanol–water partition coefficient (Wildman–Crippen LogP) is 7.59. The van der Waals surface area contributed by atoms with Gasteiger partial charge in [0.05, 0.1) is 10.8 Å². The third-order valence-corrected chi connectivity index (χ3v) is 9.44. The number of thioether (sulfide) groups is 1. The summed E-state index contributed by atoms with van der Waals surface area (Å²) in [5, 5.41) is 8.11. The molecule has 47 heavy (non-hydrogen) atoms. The number of carbonyl (C=O) groups excluding carboxylic acids is 1. The normalized spacial score (nSPS) is 16.0. The Morgan fingerprint density at radius 2 is 1.68 bits per heavy atom. The van der Waals surface area contributed by atoms with E-state index in [2.05, 4.69) is 75.5 Å². The maximum absolute atomic E-state index is 12.5. The van der Waals surface area contributed by atoms with E-state index in [1.807, 2.05) is 67.0 Å². The topological polar surface area (TPSA) is 94.5 Å². The molecule has 3 N–H and O–H groups in total. The fourth-order valence-corrected chi connectivity index (χ4v) is 7.31. The Kier molecular flexibility index (Phi) is 13.1. The van der Waals surface area contributed by atoms with Crippen LogP contribution in [0.2, 0.25) is 0 Å². The Bertz CT molecular complexity index is 1750. The van der Waals surface area contributed by atoms with Crippen LogP contribution in [0.5, 0.6) is 0 Å². The quantitative estimate of drug-likeness (QED) is 0.0756. The molecule has 3 atom stereocenters. The van der Waals surface area contributed by atoms with Crippen LogP contribution in [0.1, 0.15) is 67.8 Å². The summed E-state index contributed by atoms with van der Waals surface area (Å²) in [6.07, 6.45) is 7.42. The molecule has 1 aliphatic rings. The summed E-state index contributed by atoms with van der Waals surface area (Å²) < 4.78 is 2.14. The monoisotopic (exact) mass is 687 g/mol. The van der Waals surface area contributed by atoms with Crippen LogP contribution >= 0.6 is 36.6 Å². The van der Waals surface area contributed by atoms with Gasteiger partial charge in [-0.05, 0) is 55.6 Å². The first kappa shape index (κ1) is 35.8. The lowest BCUT2D eigenvalue weighted by Crippen LogP contribution is -2.29. The van der Waals surface area contributed by atoms with E-state index in [4.69, 9.17) is 10.6 Å². The molecule has 1 aliphatic heterocycles. The number of pyridine rings is 1. The Hall–Kier alpha value is -4.08. The molecule has 7 nitrogen and oxygen atoms in total. The first-order valence-electron chi connectivity index (χ1n) is 15.3. The molecule has 10 heteroatoms. The summed E-state index contributed by atoms with van der Waals surface area (Å²) in [5.74, 6) is -0.429. The lowest BCUT2D eigenvalue weighted by atomic mass is 9.98. The van der Waals surface area contributed by atoms with Crippen LogP contribution in [0.15, 0.2) is 127 Å². The Morgan fingerprint density at radius 1 is 0.957 bits per heavy atom. The lowest BCUT2D eigenvalue weighted by molar-refractivity contribution is 0.0999. The van der Waals surface area contributed by atoms with Crippen LogP contribution in [0, 0.1) is 0 Å². The number of aromatic nitrogens is 2. The third kappa shape index (κ3) is 8.64. The summed E-state index contributed by atoms with van der Waals surface area (Å²) in [7, 11) is 0. The van der Waals surface area contributed by atoms with Crippen molar-refractivity contribution in [1.29, 1.82) is 0 Å². The number of primary amides is 1. The number of fused-ring (bicyclic) bond motifs is 1. The molecule has 0 radical (unpaired) electrons. The van der Waals surface area contributed by atoms with Gasteiger partial charge in [0.25, 0.3) is 5.91 Å². The Labute approximate surface area is 292 Å². The van der Waals surface area contributed by atoms with Gasteiger partial charge < -0.3 is 20.5 Å². The van der Waals surface area contributed by atoms with Crippen molar-refractivity contribution in [3.05, 3.63) is 161 Å². The highest BCUT2D eigenvalue weighted by Gasteiger charge is 2.37. The number of carbonyl (C=O) groups is 1. The van der Waals surface area contributed by atoms with E-state index in [1.54, 1.807) is 18.0 Å². The summed E-state index contributed by atoms with van der Waals surface area (Å²) >= 11 is 1.77. The van der Waals surface area contributed by atoms with Crippen molar-refractivity contribution in [2.45, 2.75) is 36.4 Å². The van der Waals surface area contributed by atoms with Gasteiger partial charge in [-0.2, -0.15) is 0 Å². The molecule has 3 heterocycles. The average Bonchev–Trinajstić information content (AvgIpc) is 3.67. The summed E-state index contributed by atoms with van der Waals surface area (Å²) in [6, 6.07) is 35.1. The first-order valence-corrected chi connectivity index (χ1v) is 16.2. The minimum Gasteiger partial charge on any atom is -0.395 e. The molecule has 244 valence electrons. The van der Waals surface area contributed by atoms with Gasteiger partial charge in [-0.3, -0.25) is 9.78 Å². The maximum atomic E-state index is 12.5. The lowest BCUT2D eigenvalue weighted by Gasteiger charge is -2.15. The smallest absolute Gasteiger partial charge is 0.250 e. The number of oxime groups is 1. The van der Waals surface area contributed by atoms with E-state index in [1.165, 1.54) is 5.56 Å². The number of nitrogens with zero attached hydrogens (tertiary/aromatic N) is 3. The van der Waals surface area contributed by atoms with E-state index in [-0.39, 0.29) is 35.4 Å². The summed E-state index contributed by atoms with van der Waals surface area (Å²) in [4.78, 5) is 22.7. The van der Waals surface area contributed by atoms with Crippen molar-refractivity contribution in [2.24, 2.45) is 10.9 Å². The van der Waals surface area contributed by atoms with Crippen LogP contribution in [0.25, 0.3) is 0 Å². The van der Waals surface area contributed by atoms with E-state index in [0.717, 1.165) is 53.0 Å². The largest absolute Gasteiger partial charge is 0.395 e. The number of nitrogens with one attached hydrogen (secondary N) is 1. The molecule has 0 fully saturated rings.